The van der Waals surface area contributed by atoms with Gasteiger partial charge in [-0.3, -0.25) is 0 Å². The predicted molar refractivity (Wildman–Crippen MR) is 124 cm³/mol. The summed E-state index contributed by atoms with van der Waals surface area (Å²) < 4.78 is 0. The maximum absolute atomic E-state index is 10.3. The van der Waals surface area contributed by atoms with E-state index >= 15 is 0 Å². The zero-order valence-corrected chi connectivity index (χ0v) is 20.4. The third kappa shape index (κ3) is 3.74. The van der Waals surface area contributed by atoms with Crippen molar-refractivity contribution >= 4 is 0 Å². The fraction of sp³-hybridized carbons (Fsp3) is 1.00. The van der Waals surface area contributed by atoms with Crippen molar-refractivity contribution in [1.82, 2.24) is 0 Å². The van der Waals surface area contributed by atoms with Crippen molar-refractivity contribution in [2.75, 3.05) is 0 Å². The standard InChI is InChI=1S/C28H50O/c1-18(2)19(3)7-8-20(4)24-11-12-25-23-10-9-21-17-22(29)13-15-27(21,5)26(23)14-16-28(24,25)6/h18-26,29H,7-17H2,1-6H3/t19-,20-,21?,22+,23?,24?,25?,26?,27+,28-/m1/s1. The lowest BCUT2D eigenvalue weighted by Crippen LogP contribution is -2.54. The number of rotatable bonds is 5. The summed E-state index contributed by atoms with van der Waals surface area (Å²) in [5, 5.41) is 10.3. The van der Waals surface area contributed by atoms with Gasteiger partial charge in [0.2, 0.25) is 0 Å². The molecule has 0 heterocycles. The molecule has 0 bridgehead atoms. The van der Waals surface area contributed by atoms with Crippen LogP contribution >= 0.6 is 0 Å². The molecule has 0 aromatic rings. The van der Waals surface area contributed by atoms with E-state index in [1.807, 2.05) is 0 Å². The van der Waals surface area contributed by atoms with Gasteiger partial charge in [-0.2, -0.15) is 0 Å². The smallest absolute Gasteiger partial charge is 0.0543 e. The zero-order chi connectivity index (χ0) is 21.0. The van der Waals surface area contributed by atoms with E-state index in [-0.39, 0.29) is 6.10 Å². The highest BCUT2D eigenvalue weighted by Gasteiger charge is 2.60. The zero-order valence-electron chi connectivity index (χ0n) is 20.4. The summed E-state index contributed by atoms with van der Waals surface area (Å²) in [4.78, 5) is 0. The number of hydrogen-bond donors (Lipinski definition) is 1. The third-order valence-corrected chi connectivity index (χ3v) is 11.6. The van der Waals surface area contributed by atoms with Gasteiger partial charge >= 0.3 is 0 Å². The van der Waals surface area contributed by atoms with Crippen molar-refractivity contribution in [3.05, 3.63) is 0 Å². The van der Waals surface area contributed by atoms with Gasteiger partial charge in [-0.1, -0.05) is 54.4 Å². The molecule has 4 saturated carbocycles. The first kappa shape index (κ1) is 22.2. The molecule has 4 fully saturated rings. The van der Waals surface area contributed by atoms with Crippen molar-refractivity contribution in [2.45, 2.75) is 118 Å². The van der Waals surface area contributed by atoms with Crippen LogP contribution in [0.25, 0.3) is 0 Å². The summed E-state index contributed by atoms with van der Waals surface area (Å²) in [6, 6.07) is 0. The van der Waals surface area contributed by atoms with Crippen LogP contribution in [0.3, 0.4) is 0 Å². The van der Waals surface area contributed by atoms with Crippen molar-refractivity contribution in [2.24, 2.45) is 58.2 Å². The second-order valence-electron chi connectivity index (χ2n) is 13.1. The Kier molecular flexibility index (Phi) is 6.22. The Bertz CT molecular complexity index is 569. The highest BCUT2D eigenvalue weighted by Crippen LogP contribution is 2.68. The van der Waals surface area contributed by atoms with Gasteiger partial charge in [0, 0.05) is 0 Å². The number of hydrogen-bond acceptors (Lipinski definition) is 1. The number of fused-ring (bicyclic) bond motifs is 5. The van der Waals surface area contributed by atoms with Gasteiger partial charge < -0.3 is 5.11 Å². The fourth-order valence-corrected chi connectivity index (χ4v) is 9.27. The minimum absolute atomic E-state index is 0.0107. The Labute approximate surface area is 181 Å². The van der Waals surface area contributed by atoms with Gasteiger partial charge in [-0.25, -0.2) is 0 Å². The maximum atomic E-state index is 10.3. The molecule has 0 amide bonds. The minimum atomic E-state index is -0.0107. The van der Waals surface area contributed by atoms with Crippen LogP contribution < -0.4 is 0 Å². The number of aliphatic hydroxyl groups is 1. The first-order valence-electron chi connectivity index (χ1n) is 13.3. The lowest BCUT2D eigenvalue weighted by atomic mass is 9.44. The van der Waals surface area contributed by atoms with Crippen LogP contribution in [0.15, 0.2) is 0 Å². The molecule has 168 valence electrons. The molecule has 0 radical (unpaired) electrons. The van der Waals surface area contributed by atoms with Crippen molar-refractivity contribution in [1.29, 1.82) is 0 Å². The molecular formula is C28H50O. The van der Waals surface area contributed by atoms with Crippen LogP contribution in [0.5, 0.6) is 0 Å². The fourth-order valence-electron chi connectivity index (χ4n) is 9.27. The van der Waals surface area contributed by atoms with E-state index < -0.39 is 0 Å². The summed E-state index contributed by atoms with van der Waals surface area (Å²) in [7, 11) is 0. The molecule has 0 aromatic carbocycles. The van der Waals surface area contributed by atoms with Crippen molar-refractivity contribution < 1.29 is 5.11 Å². The van der Waals surface area contributed by atoms with Crippen LogP contribution in [0.2, 0.25) is 0 Å². The molecule has 0 saturated heterocycles. The summed E-state index contributed by atoms with van der Waals surface area (Å²) in [6.45, 7) is 15.2. The van der Waals surface area contributed by atoms with Crippen LogP contribution in [-0.2, 0) is 0 Å². The van der Waals surface area contributed by atoms with Crippen molar-refractivity contribution in [3.63, 3.8) is 0 Å². The Balaban J connectivity index is 1.46. The first-order valence-corrected chi connectivity index (χ1v) is 13.3. The summed E-state index contributed by atoms with van der Waals surface area (Å²) in [5.74, 6) is 7.28. The van der Waals surface area contributed by atoms with Gasteiger partial charge in [0.1, 0.15) is 0 Å². The summed E-state index contributed by atoms with van der Waals surface area (Å²) in [6.07, 6.45) is 15.1. The molecule has 29 heavy (non-hydrogen) atoms. The largest absolute Gasteiger partial charge is 0.393 e. The summed E-state index contributed by atoms with van der Waals surface area (Å²) in [5.41, 5.74) is 1.14. The van der Waals surface area contributed by atoms with Crippen LogP contribution in [0, 0.1) is 58.2 Å². The highest BCUT2D eigenvalue weighted by atomic mass is 16.3. The van der Waals surface area contributed by atoms with Crippen molar-refractivity contribution in [3.8, 4) is 0 Å². The SMILES string of the molecule is CC(C)[C@H](C)CC[C@@H](C)C1CCC2C3CCC4C[C@@H](O)CC[C@]4(C)C3CC[C@@]21C. The first-order chi connectivity index (χ1) is 13.7. The molecule has 0 aromatic heterocycles. The maximum Gasteiger partial charge on any atom is 0.0543 e. The molecule has 1 heteroatoms. The second kappa shape index (κ2) is 8.14. The molecule has 0 aliphatic heterocycles. The summed E-state index contributed by atoms with van der Waals surface area (Å²) >= 11 is 0. The molecule has 4 rings (SSSR count). The molecular weight excluding hydrogens is 352 g/mol. The Hall–Kier alpha value is -0.0400. The van der Waals surface area contributed by atoms with Gasteiger partial charge in [-0.15, -0.1) is 0 Å². The Morgan fingerprint density at radius 3 is 2.21 bits per heavy atom. The minimum Gasteiger partial charge on any atom is -0.393 e. The highest BCUT2D eigenvalue weighted by molar-refractivity contribution is 5.09. The van der Waals surface area contributed by atoms with Crippen LogP contribution in [0.1, 0.15) is 112 Å². The lowest BCUT2D eigenvalue weighted by Gasteiger charge is -2.61. The van der Waals surface area contributed by atoms with Crippen LogP contribution in [-0.4, -0.2) is 11.2 Å². The van der Waals surface area contributed by atoms with E-state index in [1.165, 1.54) is 57.8 Å². The average molecular weight is 403 g/mol. The van der Waals surface area contributed by atoms with Gasteiger partial charge in [0.15, 0.2) is 0 Å². The molecule has 4 aliphatic carbocycles. The molecule has 5 unspecified atom stereocenters. The van der Waals surface area contributed by atoms with Gasteiger partial charge in [0.05, 0.1) is 6.10 Å². The molecule has 10 atom stereocenters. The van der Waals surface area contributed by atoms with E-state index in [9.17, 15) is 5.11 Å². The molecule has 0 spiro atoms. The average Bonchev–Trinajstić information content (AvgIpc) is 3.03. The third-order valence-electron chi connectivity index (χ3n) is 11.6. The van der Waals surface area contributed by atoms with E-state index in [2.05, 4.69) is 41.5 Å². The quantitative estimate of drug-likeness (QED) is 0.499. The lowest BCUT2D eigenvalue weighted by molar-refractivity contribution is -0.129. The topological polar surface area (TPSA) is 20.2 Å². The second-order valence-corrected chi connectivity index (χ2v) is 13.1. The molecule has 4 aliphatic rings. The Morgan fingerprint density at radius 2 is 1.48 bits per heavy atom. The van der Waals surface area contributed by atoms with Gasteiger partial charge in [0.25, 0.3) is 0 Å². The van der Waals surface area contributed by atoms with Gasteiger partial charge in [-0.05, 0) is 116 Å². The van der Waals surface area contributed by atoms with E-state index in [0.717, 1.165) is 60.2 Å². The monoisotopic (exact) mass is 402 g/mol. The Morgan fingerprint density at radius 1 is 0.793 bits per heavy atom. The van der Waals surface area contributed by atoms with E-state index in [4.69, 9.17) is 0 Å². The van der Waals surface area contributed by atoms with E-state index in [0.29, 0.717) is 10.8 Å². The molecule has 1 nitrogen and oxygen atoms in total. The predicted octanol–water partition coefficient (Wildman–Crippen LogP) is 7.71. The molecule has 1 N–H and O–H groups in total. The normalized spacial score (nSPS) is 49.2. The van der Waals surface area contributed by atoms with E-state index in [1.54, 1.807) is 0 Å². The number of aliphatic hydroxyl groups excluding tert-OH is 1. The van der Waals surface area contributed by atoms with Crippen LogP contribution in [0.4, 0.5) is 0 Å².